The predicted octanol–water partition coefficient (Wildman–Crippen LogP) is 3.12. The van der Waals surface area contributed by atoms with E-state index in [1.54, 1.807) is 12.3 Å². The van der Waals surface area contributed by atoms with Crippen molar-refractivity contribution in [2.45, 2.75) is 13.8 Å². The number of nitrogens with one attached hydrogen (secondary N) is 1. The quantitative estimate of drug-likeness (QED) is 0.618. The molecule has 3 heterocycles. The van der Waals surface area contributed by atoms with Crippen LogP contribution in [0.25, 0.3) is 22.7 Å². The molecule has 0 unspecified atom stereocenters. The van der Waals surface area contributed by atoms with Gasteiger partial charge in [0.25, 0.3) is 0 Å². The Bertz CT molecular complexity index is 1050. The molecule has 0 fully saturated rings. The summed E-state index contributed by atoms with van der Waals surface area (Å²) in [6.07, 6.45) is 5.77. The second kappa shape index (κ2) is 4.98. The fourth-order valence-corrected chi connectivity index (χ4v) is 2.73. The summed E-state index contributed by atoms with van der Waals surface area (Å²) in [6, 6.07) is 11.7. The van der Waals surface area contributed by atoms with Crippen molar-refractivity contribution in [1.82, 2.24) is 19.1 Å². The van der Waals surface area contributed by atoms with Crippen LogP contribution in [0.15, 0.2) is 59.8 Å². The highest BCUT2D eigenvalue weighted by Gasteiger charge is 2.09. The molecule has 0 aliphatic heterocycles. The van der Waals surface area contributed by atoms with Crippen LogP contribution in [0.2, 0.25) is 0 Å². The molecule has 5 heteroatoms. The molecular formula is C18H16N4O. The van der Waals surface area contributed by atoms with Crippen LogP contribution in [0.5, 0.6) is 0 Å². The minimum absolute atomic E-state index is 0.0461. The van der Waals surface area contributed by atoms with Crippen LogP contribution in [-0.4, -0.2) is 19.1 Å². The molecule has 0 aliphatic rings. The molecule has 114 valence electrons. The number of fused-ring (bicyclic) bond motifs is 1. The Balaban J connectivity index is 1.87. The maximum absolute atomic E-state index is 11.7. The molecule has 4 aromatic rings. The van der Waals surface area contributed by atoms with E-state index in [9.17, 15) is 4.79 Å². The second-order valence-electron chi connectivity index (χ2n) is 5.61. The maximum atomic E-state index is 11.7. The summed E-state index contributed by atoms with van der Waals surface area (Å²) in [4.78, 5) is 19.7. The summed E-state index contributed by atoms with van der Waals surface area (Å²) in [5.41, 5.74) is 4.60. The van der Waals surface area contributed by atoms with E-state index >= 15 is 0 Å². The van der Waals surface area contributed by atoms with E-state index < -0.39 is 0 Å². The molecule has 0 aliphatic carbocycles. The summed E-state index contributed by atoms with van der Waals surface area (Å²) in [6.45, 7) is 3.76. The maximum Gasteiger partial charge on any atom is 0.212 e. The van der Waals surface area contributed by atoms with Gasteiger partial charge in [0.15, 0.2) is 5.43 Å². The third-order valence-electron chi connectivity index (χ3n) is 4.23. The summed E-state index contributed by atoms with van der Waals surface area (Å²) in [5.74, 6) is 0.713. The molecule has 4 rings (SSSR count). The highest BCUT2D eigenvalue weighted by molar-refractivity contribution is 5.78. The lowest BCUT2D eigenvalue weighted by Gasteiger charge is -2.08. The molecule has 5 nitrogen and oxygen atoms in total. The van der Waals surface area contributed by atoms with Crippen LogP contribution in [0.4, 0.5) is 0 Å². The number of benzene rings is 1. The molecule has 0 spiro atoms. The smallest absolute Gasteiger partial charge is 0.212 e. The Morgan fingerprint density at radius 1 is 1.04 bits per heavy atom. The van der Waals surface area contributed by atoms with Gasteiger partial charge in [-0.1, -0.05) is 0 Å². The van der Waals surface area contributed by atoms with Gasteiger partial charge in [0.05, 0.1) is 11.0 Å². The lowest BCUT2D eigenvalue weighted by Crippen LogP contribution is -2.13. The van der Waals surface area contributed by atoms with Crippen LogP contribution < -0.4 is 5.43 Å². The summed E-state index contributed by atoms with van der Waals surface area (Å²) < 4.78 is 3.96. The first-order valence-electron chi connectivity index (χ1n) is 7.46. The van der Waals surface area contributed by atoms with Gasteiger partial charge in [0, 0.05) is 41.6 Å². The van der Waals surface area contributed by atoms with Gasteiger partial charge in [-0.15, -0.1) is 0 Å². The van der Waals surface area contributed by atoms with E-state index in [0.717, 1.165) is 28.0 Å². The molecular weight excluding hydrogens is 288 g/mol. The second-order valence-corrected chi connectivity index (χ2v) is 5.61. The third-order valence-corrected chi connectivity index (χ3v) is 4.23. The van der Waals surface area contributed by atoms with Gasteiger partial charge < -0.3 is 9.55 Å². The molecule has 23 heavy (non-hydrogen) atoms. The minimum atomic E-state index is 0.0461. The number of imidazole rings is 1. The number of H-pyrrole nitrogens is 1. The first kappa shape index (κ1) is 13.6. The minimum Gasteiger partial charge on any atom is -0.324 e. The van der Waals surface area contributed by atoms with E-state index in [-0.39, 0.29) is 5.43 Å². The summed E-state index contributed by atoms with van der Waals surface area (Å²) in [7, 11) is 0. The molecule has 0 amide bonds. The molecule has 0 atom stereocenters. The fourth-order valence-electron chi connectivity index (χ4n) is 2.73. The average molecular weight is 304 g/mol. The van der Waals surface area contributed by atoms with Crippen molar-refractivity contribution >= 4 is 11.0 Å². The third kappa shape index (κ3) is 2.17. The predicted molar refractivity (Wildman–Crippen MR) is 90.5 cm³/mol. The number of pyridine rings is 1. The van der Waals surface area contributed by atoms with E-state index in [1.807, 2.05) is 55.1 Å². The number of nitrogens with zero attached hydrogens (tertiary/aromatic N) is 3. The largest absolute Gasteiger partial charge is 0.324 e. The standard InChI is InChI=1S/C18H16N4O/c1-12-13(2)22(10-7-17(12)23)18-19-15-6-5-14(11-16(15)20-18)21-8-3-4-9-21/h3-11H,1-2H3,(H,19,20). The summed E-state index contributed by atoms with van der Waals surface area (Å²) in [5, 5.41) is 0. The van der Waals surface area contributed by atoms with Gasteiger partial charge in [-0.2, -0.15) is 0 Å². The van der Waals surface area contributed by atoms with E-state index in [2.05, 4.69) is 20.6 Å². The van der Waals surface area contributed by atoms with Crippen LogP contribution in [0.1, 0.15) is 11.3 Å². The molecule has 3 aromatic heterocycles. The van der Waals surface area contributed by atoms with E-state index in [1.165, 1.54) is 0 Å². The molecule has 0 saturated heterocycles. The van der Waals surface area contributed by atoms with Gasteiger partial charge in [-0.3, -0.25) is 9.36 Å². The Hall–Kier alpha value is -3.08. The topological polar surface area (TPSA) is 55.6 Å². The van der Waals surface area contributed by atoms with Crippen molar-refractivity contribution < 1.29 is 0 Å². The van der Waals surface area contributed by atoms with Crippen LogP contribution in [0, 0.1) is 13.8 Å². The normalized spacial score (nSPS) is 11.2. The zero-order valence-corrected chi connectivity index (χ0v) is 12.9. The molecule has 0 saturated carbocycles. The first-order valence-corrected chi connectivity index (χ1v) is 7.46. The van der Waals surface area contributed by atoms with Crippen LogP contribution in [0.3, 0.4) is 0 Å². The number of aromatic amines is 1. The lowest BCUT2D eigenvalue weighted by molar-refractivity contribution is 0.894. The van der Waals surface area contributed by atoms with Gasteiger partial charge in [0.1, 0.15) is 0 Å². The number of hydrogen-bond acceptors (Lipinski definition) is 2. The average Bonchev–Trinajstić information content (AvgIpc) is 3.21. The zero-order valence-electron chi connectivity index (χ0n) is 12.9. The van der Waals surface area contributed by atoms with E-state index in [0.29, 0.717) is 5.95 Å². The van der Waals surface area contributed by atoms with Gasteiger partial charge in [-0.25, -0.2) is 4.98 Å². The van der Waals surface area contributed by atoms with Gasteiger partial charge in [0.2, 0.25) is 5.95 Å². The van der Waals surface area contributed by atoms with Gasteiger partial charge >= 0.3 is 0 Å². The van der Waals surface area contributed by atoms with Crippen LogP contribution >= 0.6 is 0 Å². The fraction of sp³-hybridized carbons (Fsp3) is 0.111. The number of aromatic nitrogens is 4. The Labute approximate surface area is 132 Å². The molecule has 1 aromatic carbocycles. The monoisotopic (exact) mass is 304 g/mol. The SMILES string of the molecule is Cc1c(C)n(-c2nc3ccc(-n4cccc4)cc3[nH]2)ccc1=O. The van der Waals surface area contributed by atoms with Gasteiger partial charge in [-0.05, 0) is 44.2 Å². The molecule has 0 bridgehead atoms. The Morgan fingerprint density at radius 2 is 1.83 bits per heavy atom. The van der Waals surface area contributed by atoms with Crippen molar-refractivity contribution in [3.63, 3.8) is 0 Å². The number of hydrogen-bond donors (Lipinski definition) is 1. The first-order chi connectivity index (χ1) is 11.1. The van der Waals surface area contributed by atoms with Crippen molar-refractivity contribution in [2.75, 3.05) is 0 Å². The lowest BCUT2D eigenvalue weighted by atomic mass is 10.2. The van der Waals surface area contributed by atoms with Crippen LogP contribution in [-0.2, 0) is 0 Å². The highest BCUT2D eigenvalue weighted by atomic mass is 16.1. The zero-order chi connectivity index (χ0) is 16.0. The number of rotatable bonds is 2. The summed E-state index contributed by atoms with van der Waals surface area (Å²) >= 11 is 0. The highest BCUT2D eigenvalue weighted by Crippen LogP contribution is 2.19. The molecule has 1 N–H and O–H groups in total. The van der Waals surface area contributed by atoms with Crippen molar-refractivity contribution in [3.05, 3.63) is 76.5 Å². The van der Waals surface area contributed by atoms with Crippen molar-refractivity contribution in [3.8, 4) is 11.6 Å². The molecule has 0 radical (unpaired) electrons. The Kier molecular flexibility index (Phi) is 2.94. The van der Waals surface area contributed by atoms with Crippen molar-refractivity contribution in [1.29, 1.82) is 0 Å². The van der Waals surface area contributed by atoms with Crippen molar-refractivity contribution in [2.24, 2.45) is 0 Å². The Morgan fingerprint density at radius 3 is 2.61 bits per heavy atom. The van der Waals surface area contributed by atoms with E-state index in [4.69, 9.17) is 0 Å².